The minimum absolute atomic E-state index is 0.0304. The van der Waals surface area contributed by atoms with Crippen LogP contribution in [0.15, 0.2) is 24.3 Å². The number of carbonyl (C=O) groups is 1. The van der Waals surface area contributed by atoms with Gasteiger partial charge in [-0.15, -0.1) is 0 Å². The van der Waals surface area contributed by atoms with E-state index in [1.165, 1.54) is 12.1 Å². The van der Waals surface area contributed by atoms with Gasteiger partial charge in [-0.1, -0.05) is 6.92 Å². The van der Waals surface area contributed by atoms with Crippen molar-refractivity contribution in [2.45, 2.75) is 45.3 Å². The van der Waals surface area contributed by atoms with Crippen LogP contribution in [0.5, 0.6) is 0 Å². The second-order valence-electron chi connectivity index (χ2n) is 6.83. The predicted molar refractivity (Wildman–Crippen MR) is 93.0 cm³/mol. The van der Waals surface area contributed by atoms with Crippen molar-refractivity contribution in [1.29, 1.82) is 0 Å². The number of benzene rings is 1. The van der Waals surface area contributed by atoms with Crippen LogP contribution in [0, 0.1) is 5.92 Å². The molecule has 0 aliphatic carbocycles. The number of amides is 2. The van der Waals surface area contributed by atoms with E-state index in [0.717, 1.165) is 44.1 Å². The Morgan fingerprint density at radius 2 is 2.09 bits per heavy atom. The van der Waals surface area contributed by atoms with E-state index in [9.17, 15) is 4.79 Å². The summed E-state index contributed by atoms with van der Waals surface area (Å²) in [5, 5.41) is 5.86. The fourth-order valence-corrected chi connectivity index (χ4v) is 3.39. The normalized spacial score (nSPS) is 25.4. The Bertz CT molecular complexity index is 526. The van der Waals surface area contributed by atoms with Gasteiger partial charge in [-0.3, -0.25) is 0 Å². The molecular weight excluding hydrogens is 290 g/mol. The summed E-state index contributed by atoms with van der Waals surface area (Å²) in [5.74, 6) is 0.762. The molecular formula is C18H27N3O2. The lowest BCUT2D eigenvalue weighted by Crippen LogP contribution is -2.42. The molecule has 2 fully saturated rings. The summed E-state index contributed by atoms with van der Waals surface area (Å²) in [5.41, 5.74) is 2.05. The number of anilines is 2. The zero-order chi connectivity index (χ0) is 16.2. The number of hydrogen-bond donors (Lipinski definition) is 2. The summed E-state index contributed by atoms with van der Waals surface area (Å²) in [7, 11) is 0. The van der Waals surface area contributed by atoms with E-state index in [0.29, 0.717) is 0 Å². The maximum atomic E-state index is 12.1. The summed E-state index contributed by atoms with van der Waals surface area (Å²) in [6.45, 7) is 7.32. The van der Waals surface area contributed by atoms with Crippen molar-refractivity contribution in [2.24, 2.45) is 5.92 Å². The lowest BCUT2D eigenvalue weighted by Gasteiger charge is -2.21. The van der Waals surface area contributed by atoms with Crippen molar-refractivity contribution in [1.82, 2.24) is 5.32 Å². The maximum absolute atomic E-state index is 12.1. The first-order chi connectivity index (χ1) is 11.1. The first kappa shape index (κ1) is 16.1. The molecule has 1 aromatic rings. The van der Waals surface area contributed by atoms with Crippen LogP contribution in [0.4, 0.5) is 16.2 Å². The molecule has 2 N–H and O–H groups in total. The highest BCUT2D eigenvalue weighted by molar-refractivity contribution is 5.89. The molecule has 2 saturated heterocycles. The Morgan fingerprint density at radius 1 is 1.30 bits per heavy atom. The third-order valence-electron chi connectivity index (χ3n) is 4.80. The van der Waals surface area contributed by atoms with Gasteiger partial charge in [0.05, 0.1) is 12.1 Å². The van der Waals surface area contributed by atoms with E-state index < -0.39 is 0 Å². The topological polar surface area (TPSA) is 53.6 Å². The van der Waals surface area contributed by atoms with E-state index in [4.69, 9.17) is 4.74 Å². The Hall–Kier alpha value is -1.75. The number of urea groups is 1. The summed E-state index contributed by atoms with van der Waals surface area (Å²) in [6, 6.07) is 7.95. The van der Waals surface area contributed by atoms with E-state index in [2.05, 4.69) is 34.6 Å². The number of ether oxygens (including phenoxy) is 1. The Morgan fingerprint density at radius 3 is 2.70 bits per heavy atom. The van der Waals surface area contributed by atoms with E-state index in [1.807, 2.05) is 19.1 Å². The smallest absolute Gasteiger partial charge is 0.319 e. The molecule has 0 unspecified atom stereocenters. The van der Waals surface area contributed by atoms with Crippen LogP contribution >= 0.6 is 0 Å². The molecule has 3 rings (SSSR count). The highest BCUT2D eigenvalue weighted by atomic mass is 16.5. The molecule has 5 heteroatoms. The summed E-state index contributed by atoms with van der Waals surface area (Å²) in [6.07, 6.45) is 3.49. The third-order valence-corrected chi connectivity index (χ3v) is 4.80. The van der Waals surface area contributed by atoms with Gasteiger partial charge < -0.3 is 20.3 Å². The molecule has 3 atom stereocenters. The number of carbonyl (C=O) groups excluding carboxylic acids is 1. The molecule has 1 aromatic carbocycles. The van der Waals surface area contributed by atoms with Crippen LogP contribution < -0.4 is 15.5 Å². The molecule has 2 heterocycles. The van der Waals surface area contributed by atoms with Crippen LogP contribution in [-0.4, -0.2) is 37.9 Å². The molecule has 23 heavy (non-hydrogen) atoms. The number of nitrogens with zero attached hydrogens (tertiary/aromatic N) is 1. The number of hydrogen-bond acceptors (Lipinski definition) is 3. The van der Waals surface area contributed by atoms with E-state index in [1.54, 1.807) is 0 Å². The quantitative estimate of drug-likeness (QED) is 0.896. The van der Waals surface area contributed by atoms with Gasteiger partial charge in [0.25, 0.3) is 0 Å². The van der Waals surface area contributed by atoms with Crippen LogP contribution in [-0.2, 0) is 4.74 Å². The zero-order valence-electron chi connectivity index (χ0n) is 14.0. The van der Waals surface area contributed by atoms with Crippen molar-refractivity contribution in [3.05, 3.63) is 24.3 Å². The second kappa shape index (κ2) is 7.21. The first-order valence-corrected chi connectivity index (χ1v) is 8.66. The molecule has 2 amide bonds. The lowest BCUT2D eigenvalue weighted by atomic mass is 10.1. The van der Waals surface area contributed by atoms with E-state index in [-0.39, 0.29) is 18.2 Å². The average molecular weight is 317 g/mol. The van der Waals surface area contributed by atoms with Gasteiger partial charge in [-0.25, -0.2) is 4.79 Å². The van der Waals surface area contributed by atoms with Crippen molar-refractivity contribution in [3.63, 3.8) is 0 Å². The van der Waals surface area contributed by atoms with Gasteiger partial charge in [0.15, 0.2) is 0 Å². The van der Waals surface area contributed by atoms with Gasteiger partial charge in [0.1, 0.15) is 0 Å². The Kier molecular flexibility index (Phi) is 5.06. The monoisotopic (exact) mass is 317 g/mol. The molecule has 0 bridgehead atoms. The van der Waals surface area contributed by atoms with Crippen molar-refractivity contribution >= 4 is 17.4 Å². The SMILES string of the molecule is C[C@@H]1CCN(c2ccc(NC(=O)N[C@@H](C)[C@@H]3CCCO3)cc2)C1. The second-order valence-corrected chi connectivity index (χ2v) is 6.83. The van der Waals surface area contributed by atoms with Crippen LogP contribution in [0.1, 0.15) is 33.1 Å². The largest absolute Gasteiger partial charge is 0.376 e. The predicted octanol–water partition coefficient (Wildman–Crippen LogP) is 3.22. The number of nitrogens with one attached hydrogen (secondary N) is 2. The van der Waals surface area contributed by atoms with Crippen molar-refractivity contribution in [3.8, 4) is 0 Å². The third kappa shape index (κ3) is 4.16. The highest BCUT2D eigenvalue weighted by Crippen LogP contribution is 2.24. The summed E-state index contributed by atoms with van der Waals surface area (Å²) in [4.78, 5) is 14.5. The lowest BCUT2D eigenvalue weighted by molar-refractivity contribution is 0.0868. The first-order valence-electron chi connectivity index (χ1n) is 8.66. The highest BCUT2D eigenvalue weighted by Gasteiger charge is 2.23. The van der Waals surface area contributed by atoms with Gasteiger partial charge >= 0.3 is 6.03 Å². The van der Waals surface area contributed by atoms with Gasteiger partial charge in [0.2, 0.25) is 0 Å². The maximum Gasteiger partial charge on any atom is 0.319 e. The Labute approximate surface area is 138 Å². The van der Waals surface area contributed by atoms with E-state index >= 15 is 0 Å². The minimum atomic E-state index is -0.171. The van der Waals surface area contributed by atoms with Gasteiger partial charge in [0, 0.05) is 31.1 Å². The molecule has 126 valence electrons. The molecule has 0 aromatic heterocycles. The average Bonchev–Trinajstić information content (AvgIpc) is 3.19. The van der Waals surface area contributed by atoms with Crippen molar-refractivity contribution in [2.75, 3.05) is 29.9 Å². The fraction of sp³-hybridized carbons (Fsp3) is 0.611. The Balaban J connectivity index is 1.50. The standard InChI is InChI=1S/C18H27N3O2/c1-13-9-10-21(12-13)16-7-5-15(6-8-16)20-18(22)19-14(2)17-4-3-11-23-17/h5-8,13-14,17H,3-4,9-12H2,1-2H3,(H2,19,20,22)/t13-,14+,17+/m1/s1. The zero-order valence-corrected chi connectivity index (χ0v) is 14.0. The fourth-order valence-electron chi connectivity index (χ4n) is 3.39. The summed E-state index contributed by atoms with van der Waals surface area (Å²) < 4.78 is 5.60. The van der Waals surface area contributed by atoms with Gasteiger partial charge in [-0.2, -0.15) is 0 Å². The van der Waals surface area contributed by atoms with Crippen molar-refractivity contribution < 1.29 is 9.53 Å². The minimum Gasteiger partial charge on any atom is -0.376 e. The number of rotatable bonds is 4. The van der Waals surface area contributed by atoms with Crippen LogP contribution in [0.25, 0.3) is 0 Å². The van der Waals surface area contributed by atoms with Gasteiger partial charge in [-0.05, 0) is 56.4 Å². The molecule has 0 spiro atoms. The molecule has 5 nitrogen and oxygen atoms in total. The molecule has 2 aliphatic heterocycles. The molecule has 0 saturated carbocycles. The molecule has 2 aliphatic rings. The summed E-state index contributed by atoms with van der Waals surface area (Å²) >= 11 is 0. The van der Waals surface area contributed by atoms with Crippen LogP contribution in [0.2, 0.25) is 0 Å². The van der Waals surface area contributed by atoms with Crippen LogP contribution in [0.3, 0.4) is 0 Å². The molecule has 0 radical (unpaired) electrons.